The monoisotopic (exact) mass is 272 g/mol. The van der Waals surface area contributed by atoms with Gasteiger partial charge in [0.25, 0.3) is 0 Å². The second-order valence-electron chi connectivity index (χ2n) is 6.42. The molecule has 1 amide bonds. The minimum Gasteiger partial charge on any atom is -0.335 e. The summed E-state index contributed by atoms with van der Waals surface area (Å²) < 4.78 is 0. The van der Waals surface area contributed by atoms with E-state index < -0.39 is 0 Å². The number of rotatable bonds is 4. The van der Waals surface area contributed by atoms with E-state index in [9.17, 15) is 4.79 Å². The van der Waals surface area contributed by atoms with Gasteiger partial charge in [0.1, 0.15) is 0 Å². The Morgan fingerprint density at radius 3 is 2.50 bits per heavy atom. The quantitative estimate of drug-likeness (QED) is 0.912. The predicted molar refractivity (Wildman–Crippen MR) is 80.3 cm³/mol. The summed E-state index contributed by atoms with van der Waals surface area (Å²) in [5, 5.41) is 3.34. The van der Waals surface area contributed by atoms with E-state index in [1.807, 2.05) is 0 Å². The van der Waals surface area contributed by atoms with Gasteiger partial charge in [0.05, 0.1) is 5.92 Å². The number of nitrogens with zero attached hydrogens (tertiary/aromatic N) is 1. The van der Waals surface area contributed by atoms with Crippen LogP contribution in [-0.2, 0) is 11.3 Å². The van der Waals surface area contributed by atoms with Crippen molar-refractivity contribution < 1.29 is 4.79 Å². The highest BCUT2D eigenvalue weighted by molar-refractivity contribution is 5.80. The summed E-state index contributed by atoms with van der Waals surface area (Å²) in [6, 6.07) is 9.04. The molecule has 1 heterocycles. The lowest BCUT2D eigenvalue weighted by Crippen LogP contribution is -2.39. The van der Waals surface area contributed by atoms with E-state index in [4.69, 9.17) is 0 Å². The zero-order valence-corrected chi connectivity index (χ0v) is 12.4. The topological polar surface area (TPSA) is 32.3 Å². The molecule has 20 heavy (non-hydrogen) atoms. The first-order chi connectivity index (χ1) is 9.65. The van der Waals surface area contributed by atoms with Gasteiger partial charge in [0.2, 0.25) is 5.91 Å². The van der Waals surface area contributed by atoms with Crippen molar-refractivity contribution >= 4 is 5.91 Å². The summed E-state index contributed by atoms with van der Waals surface area (Å²) >= 11 is 0. The molecule has 0 spiro atoms. The molecule has 1 aromatic rings. The first-order valence-corrected chi connectivity index (χ1v) is 7.72. The van der Waals surface area contributed by atoms with Gasteiger partial charge in [-0.3, -0.25) is 4.79 Å². The second kappa shape index (κ2) is 5.57. The number of hydrogen-bond acceptors (Lipinski definition) is 2. The van der Waals surface area contributed by atoms with Crippen molar-refractivity contribution in [1.82, 2.24) is 10.2 Å². The molecule has 1 aromatic carbocycles. The second-order valence-corrected chi connectivity index (χ2v) is 6.42. The Balaban J connectivity index is 1.72. The van der Waals surface area contributed by atoms with Gasteiger partial charge < -0.3 is 10.2 Å². The lowest BCUT2D eigenvalue weighted by molar-refractivity contribution is -0.137. The van der Waals surface area contributed by atoms with Crippen LogP contribution in [0.4, 0.5) is 0 Å². The van der Waals surface area contributed by atoms with Crippen LogP contribution in [-0.4, -0.2) is 29.9 Å². The third-order valence-corrected chi connectivity index (χ3v) is 4.58. The minimum absolute atomic E-state index is 0.168. The largest absolute Gasteiger partial charge is 0.335 e. The fraction of sp³-hybridized carbons (Fsp3) is 0.588. The van der Waals surface area contributed by atoms with E-state index in [1.54, 1.807) is 0 Å². The van der Waals surface area contributed by atoms with Crippen molar-refractivity contribution in [1.29, 1.82) is 0 Å². The van der Waals surface area contributed by atoms with E-state index >= 15 is 0 Å². The third kappa shape index (κ3) is 2.88. The number of hydrogen-bond donors (Lipinski definition) is 1. The summed E-state index contributed by atoms with van der Waals surface area (Å²) in [5.74, 6) is 0.980. The Labute approximate surface area is 121 Å². The fourth-order valence-electron chi connectivity index (χ4n) is 3.02. The van der Waals surface area contributed by atoms with Gasteiger partial charge in [-0.1, -0.05) is 36.8 Å². The molecule has 3 heteroatoms. The summed E-state index contributed by atoms with van der Waals surface area (Å²) in [4.78, 5) is 14.9. The first-order valence-electron chi connectivity index (χ1n) is 7.72. The minimum atomic E-state index is 0.168. The third-order valence-electron chi connectivity index (χ3n) is 4.58. The Kier molecular flexibility index (Phi) is 3.79. The van der Waals surface area contributed by atoms with Crippen LogP contribution >= 0.6 is 0 Å². The molecule has 2 atom stereocenters. The lowest BCUT2D eigenvalue weighted by atomic mass is 9.96. The van der Waals surface area contributed by atoms with Gasteiger partial charge in [-0.15, -0.1) is 0 Å². The Hall–Kier alpha value is -1.35. The highest BCUT2D eigenvalue weighted by atomic mass is 16.2. The van der Waals surface area contributed by atoms with E-state index in [0.29, 0.717) is 17.9 Å². The van der Waals surface area contributed by atoms with Crippen molar-refractivity contribution in [3.05, 3.63) is 35.4 Å². The molecule has 108 valence electrons. The molecule has 1 saturated heterocycles. The maximum atomic E-state index is 12.8. The Morgan fingerprint density at radius 1 is 1.25 bits per heavy atom. The SMILES string of the molecule is Cc1ccc(CN(C(=O)C2CNCC2C)C2CC2)cc1. The lowest BCUT2D eigenvalue weighted by Gasteiger charge is -2.27. The predicted octanol–water partition coefficient (Wildman–Crippen LogP) is 2.34. The van der Waals surface area contributed by atoms with Crippen molar-refractivity contribution in [2.24, 2.45) is 11.8 Å². The van der Waals surface area contributed by atoms with Gasteiger partial charge in [-0.05, 0) is 37.8 Å². The number of benzene rings is 1. The number of carbonyl (C=O) groups is 1. The van der Waals surface area contributed by atoms with Crippen molar-refractivity contribution in [3.8, 4) is 0 Å². The smallest absolute Gasteiger partial charge is 0.227 e. The molecule has 2 fully saturated rings. The van der Waals surface area contributed by atoms with Crippen LogP contribution < -0.4 is 5.32 Å². The molecule has 0 bridgehead atoms. The average Bonchev–Trinajstić information content (AvgIpc) is 3.19. The van der Waals surface area contributed by atoms with Crippen LogP contribution in [0.1, 0.15) is 30.9 Å². The van der Waals surface area contributed by atoms with Crippen molar-refractivity contribution in [2.75, 3.05) is 13.1 Å². The molecule has 1 saturated carbocycles. The highest BCUT2D eigenvalue weighted by Crippen LogP contribution is 2.31. The number of nitrogens with one attached hydrogen (secondary N) is 1. The van der Waals surface area contributed by atoms with E-state index in [0.717, 1.165) is 19.6 Å². The molecule has 1 N–H and O–H groups in total. The van der Waals surface area contributed by atoms with Gasteiger partial charge >= 0.3 is 0 Å². The first kappa shape index (κ1) is 13.6. The zero-order chi connectivity index (χ0) is 14.1. The van der Waals surface area contributed by atoms with Crippen molar-refractivity contribution in [3.63, 3.8) is 0 Å². The molecule has 3 rings (SSSR count). The van der Waals surface area contributed by atoms with E-state index in [2.05, 4.69) is 48.3 Å². The molecule has 1 aliphatic heterocycles. The fourth-order valence-corrected chi connectivity index (χ4v) is 3.02. The van der Waals surface area contributed by atoms with Crippen LogP contribution in [0, 0.1) is 18.8 Å². The summed E-state index contributed by atoms with van der Waals surface area (Å²) in [6.07, 6.45) is 2.35. The Bertz CT molecular complexity index is 478. The van der Waals surface area contributed by atoms with Crippen molar-refractivity contribution in [2.45, 2.75) is 39.3 Å². The van der Waals surface area contributed by atoms with Crippen LogP contribution in [0.3, 0.4) is 0 Å². The molecular weight excluding hydrogens is 248 g/mol. The van der Waals surface area contributed by atoms with Gasteiger partial charge in [0.15, 0.2) is 0 Å². The molecule has 3 nitrogen and oxygen atoms in total. The summed E-state index contributed by atoms with van der Waals surface area (Å²) in [5.41, 5.74) is 2.51. The van der Waals surface area contributed by atoms with E-state index in [-0.39, 0.29) is 5.92 Å². The van der Waals surface area contributed by atoms with Crippen LogP contribution in [0.5, 0.6) is 0 Å². The zero-order valence-electron chi connectivity index (χ0n) is 12.4. The van der Waals surface area contributed by atoms with Crippen LogP contribution in [0.2, 0.25) is 0 Å². The maximum Gasteiger partial charge on any atom is 0.227 e. The number of carbonyl (C=O) groups excluding carboxylic acids is 1. The molecule has 0 radical (unpaired) electrons. The molecular formula is C17H24N2O. The molecule has 2 unspecified atom stereocenters. The molecule has 2 aliphatic rings. The normalized spacial score (nSPS) is 25.7. The van der Waals surface area contributed by atoms with Gasteiger partial charge in [0, 0.05) is 19.1 Å². The average molecular weight is 272 g/mol. The van der Waals surface area contributed by atoms with Crippen LogP contribution in [0.25, 0.3) is 0 Å². The highest BCUT2D eigenvalue weighted by Gasteiger charge is 2.39. The number of aryl methyl sites for hydroxylation is 1. The molecule has 1 aliphatic carbocycles. The standard InChI is InChI=1S/C17H24N2O/c1-12-3-5-14(6-4-12)11-19(15-7-8-15)17(20)16-10-18-9-13(16)2/h3-6,13,15-16,18H,7-11H2,1-2H3. The van der Waals surface area contributed by atoms with E-state index in [1.165, 1.54) is 24.0 Å². The van der Waals surface area contributed by atoms with Gasteiger partial charge in [-0.2, -0.15) is 0 Å². The van der Waals surface area contributed by atoms with Gasteiger partial charge in [-0.25, -0.2) is 0 Å². The summed E-state index contributed by atoms with van der Waals surface area (Å²) in [7, 11) is 0. The van der Waals surface area contributed by atoms with Crippen LogP contribution in [0.15, 0.2) is 24.3 Å². The maximum absolute atomic E-state index is 12.8. The summed E-state index contributed by atoms with van der Waals surface area (Å²) in [6.45, 7) is 6.86. The Morgan fingerprint density at radius 2 is 1.95 bits per heavy atom. The molecule has 0 aromatic heterocycles. The number of amides is 1.